The maximum Gasteiger partial charge on any atom is 0.0643 e. The first-order valence-electron chi connectivity index (χ1n) is 5.63. The summed E-state index contributed by atoms with van der Waals surface area (Å²) in [5.41, 5.74) is 3.24. The Kier molecular flexibility index (Phi) is 2.76. The molecule has 2 aliphatic rings. The molecule has 0 N–H and O–H groups in total. The van der Waals surface area contributed by atoms with Gasteiger partial charge in [0.05, 0.1) is 8.07 Å². The average Bonchev–Trinajstić information content (AvgIpc) is 2.56. The highest BCUT2D eigenvalue weighted by Crippen LogP contribution is 2.52. The second-order valence-corrected chi connectivity index (χ2v) is 12.7. The molecule has 2 atom stereocenters. The summed E-state index contributed by atoms with van der Waals surface area (Å²) >= 11 is 2.13. The SMILES string of the molecule is CC(C)=C1C2C=CC=C2SC1[Si](C)(C)C. The number of hydrogen-bond donors (Lipinski definition) is 0. The Morgan fingerprint density at radius 1 is 1.27 bits per heavy atom. The van der Waals surface area contributed by atoms with Crippen molar-refractivity contribution in [2.45, 2.75) is 38.4 Å². The van der Waals surface area contributed by atoms with Crippen molar-refractivity contribution >= 4 is 19.8 Å². The summed E-state index contributed by atoms with van der Waals surface area (Å²) < 4.78 is 0. The molecule has 1 fully saturated rings. The van der Waals surface area contributed by atoms with Gasteiger partial charge in [0.1, 0.15) is 0 Å². The summed E-state index contributed by atoms with van der Waals surface area (Å²) in [6.45, 7) is 12.0. The first-order valence-corrected chi connectivity index (χ1v) is 10.1. The Morgan fingerprint density at radius 2 is 1.93 bits per heavy atom. The van der Waals surface area contributed by atoms with E-state index in [9.17, 15) is 0 Å². The van der Waals surface area contributed by atoms with Crippen molar-refractivity contribution < 1.29 is 0 Å². The summed E-state index contributed by atoms with van der Waals surface area (Å²) in [6, 6.07) is 0. The van der Waals surface area contributed by atoms with Crippen molar-refractivity contribution in [3.05, 3.63) is 34.3 Å². The molecule has 0 aromatic carbocycles. The van der Waals surface area contributed by atoms with Crippen LogP contribution in [0.4, 0.5) is 0 Å². The van der Waals surface area contributed by atoms with Gasteiger partial charge in [-0.1, -0.05) is 43.4 Å². The van der Waals surface area contributed by atoms with Crippen LogP contribution in [0.3, 0.4) is 0 Å². The van der Waals surface area contributed by atoms with Gasteiger partial charge in [-0.25, -0.2) is 0 Å². The van der Waals surface area contributed by atoms with Gasteiger partial charge in [-0.05, 0) is 24.3 Å². The smallest absolute Gasteiger partial charge is 0.0643 e. The predicted octanol–water partition coefficient (Wildman–Crippen LogP) is 4.39. The molecule has 2 heteroatoms. The molecular weight excluding hydrogens is 216 g/mol. The molecule has 82 valence electrons. The third-order valence-corrected chi connectivity index (χ3v) is 8.62. The van der Waals surface area contributed by atoms with Crippen LogP contribution in [-0.2, 0) is 0 Å². The van der Waals surface area contributed by atoms with Gasteiger partial charge in [0.25, 0.3) is 0 Å². The first-order chi connectivity index (χ1) is 6.91. The Balaban J connectivity index is 2.42. The minimum absolute atomic E-state index is 0.636. The van der Waals surface area contributed by atoms with E-state index in [1.54, 1.807) is 10.5 Å². The van der Waals surface area contributed by atoms with Crippen LogP contribution >= 0.6 is 11.8 Å². The molecule has 0 amide bonds. The summed E-state index contributed by atoms with van der Waals surface area (Å²) in [5, 5.41) is 0. The van der Waals surface area contributed by atoms with Gasteiger partial charge in [0.15, 0.2) is 0 Å². The minimum Gasteiger partial charge on any atom is -0.125 e. The lowest BCUT2D eigenvalue weighted by molar-refractivity contribution is 0.944. The number of rotatable bonds is 1. The van der Waals surface area contributed by atoms with Crippen LogP contribution in [0.5, 0.6) is 0 Å². The van der Waals surface area contributed by atoms with Gasteiger partial charge < -0.3 is 0 Å². The van der Waals surface area contributed by atoms with E-state index in [1.165, 1.54) is 5.57 Å². The van der Waals surface area contributed by atoms with E-state index in [0.29, 0.717) is 5.92 Å². The zero-order chi connectivity index (χ0) is 11.2. The molecule has 1 saturated heterocycles. The topological polar surface area (TPSA) is 0 Å². The van der Waals surface area contributed by atoms with E-state index in [-0.39, 0.29) is 0 Å². The molecule has 1 aliphatic heterocycles. The zero-order valence-electron chi connectivity index (χ0n) is 10.3. The largest absolute Gasteiger partial charge is 0.125 e. The molecule has 0 radical (unpaired) electrons. The Bertz CT molecular complexity index is 364. The molecule has 0 saturated carbocycles. The van der Waals surface area contributed by atoms with E-state index in [1.807, 2.05) is 0 Å². The summed E-state index contributed by atoms with van der Waals surface area (Å²) in [5.74, 6) is 0.636. The van der Waals surface area contributed by atoms with Crippen molar-refractivity contribution in [1.82, 2.24) is 0 Å². The molecule has 0 aromatic rings. The molecule has 0 aromatic heterocycles. The molecule has 0 spiro atoms. The molecular formula is C13H20SSi. The number of hydrogen-bond acceptors (Lipinski definition) is 1. The maximum absolute atomic E-state index is 2.49. The van der Waals surface area contributed by atoms with Crippen molar-refractivity contribution in [2.24, 2.45) is 5.92 Å². The molecule has 1 heterocycles. The van der Waals surface area contributed by atoms with Gasteiger partial charge in [-0.3, -0.25) is 0 Å². The Labute approximate surface area is 98.5 Å². The van der Waals surface area contributed by atoms with E-state index in [0.717, 1.165) is 4.87 Å². The normalized spacial score (nSPS) is 29.4. The highest BCUT2D eigenvalue weighted by molar-refractivity contribution is 8.05. The quantitative estimate of drug-likeness (QED) is 0.481. The fourth-order valence-corrected chi connectivity index (χ4v) is 6.92. The van der Waals surface area contributed by atoms with Crippen molar-refractivity contribution in [1.29, 1.82) is 0 Å². The maximum atomic E-state index is 2.49. The standard InChI is InChI=1S/C13H20SSi/c1-9(2)12-10-7-6-8-11(10)14-13(12)15(3,4)5/h6-8,10,13H,1-5H3. The zero-order valence-corrected chi connectivity index (χ0v) is 12.1. The molecule has 0 nitrogen and oxygen atoms in total. The number of fused-ring (bicyclic) bond motifs is 1. The van der Waals surface area contributed by atoms with Gasteiger partial charge in [-0.2, -0.15) is 0 Å². The fourth-order valence-electron chi connectivity index (χ4n) is 2.41. The second-order valence-electron chi connectivity index (χ2n) is 5.75. The highest BCUT2D eigenvalue weighted by atomic mass is 32.2. The van der Waals surface area contributed by atoms with E-state index >= 15 is 0 Å². The molecule has 1 aliphatic carbocycles. The van der Waals surface area contributed by atoms with E-state index < -0.39 is 8.07 Å². The minimum atomic E-state index is -1.09. The van der Waals surface area contributed by atoms with Crippen LogP contribution in [-0.4, -0.2) is 12.9 Å². The van der Waals surface area contributed by atoms with Crippen LogP contribution in [0.25, 0.3) is 0 Å². The molecule has 15 heavy (non-hydrogen) atoms. The number of thioether (sulfide) groups is 1. The molecule has 2 unspecified atom stereocenters. The van der Waals surface area contributed by atoms with Crippen LogP contribution in [0.15, 0.2) is 34.3 Å². The first kappa shape index (κ1) is 11.3. The summed E-state index contributed by atoms with van der Waals surface area (Å²) in [4.78, 5) is 2.38. The fraction of sp³-hybridized carbons (Fsp3) is 0.538. The third-order valence-electron chi connectivity index (χ3n) is 3.11. The Hall–Kier alpha value is -0.213. The lowest BCUT2D eigenvalue weighted by atomic mass is 9.98. The lowest BCUT2D eigenvalue weighted by Gasteiger charge is -2.27. The van der Waals surface area contributed by atoms with E-state index in [4.69, 9.17) is 0 Å². The van der Waals surface area contributed by atoms with Crippen LogP contribution in [0, 0.1) is 5.92 Å². The predicted molar refractivity (Wildman–Crippen MR) is 73.8 cm³/mol. The second kappa shape index (κ2) is 3.67. The van der Waals surface area contributed by atoms with E-state index in [2.05, 4.69) is 63.5 Å². The Morgan fingerprint density at radius 3 is 2.47 bits per heavy atom. The van der Waals surface area contributed by atoms with Crippen LogP contribution in [0.2, 0.25) is 19.6 Å². The molecule has 0 bridgehead atoms. The van der Waals surface area contributed by atoms with Crippen LogP contribution < -0.4 is 0 Å². The lowest BCUT2D eigenvalue weighted by Crippen LogP contribution is -2.36. The van der Waals surface area contributed by atoms with Gasteiger partial charge >= 0.3 is 0 Å². The third kappa shape index (κ3) is 1.90. The highest BCUT2D eigenvalue weighted by Gasteiger charge is 2.42. The van der Waals surface area contributed by atoms with Crippen molar-refractivity contribution in [3.63, 3.8) is 0 Å². The summed E-state index contributed by atoms with van der Waals surface area (Å²) in [6.07, 6.45) is 6.89. The molecule has 2 rings (SSSR count). The van der Waals surface area contributed by atoms with Crippen LogP contribution in [0.1, 0.15) is 13.8 Å². The van der Waals surface area contributed by atoms with Crippen molar-refractivity contribution in [3.8, 4) is 0 Å². The van der Waals surface area contributed by atoms with Crippen molar-refractivity contribution in [2.75, 3.05) is 0 Å². The van der Waals surface area contributed by atoms with Gasteiger partial charge in [-0.15, -0.1) is 11.8 Å². The van der Waals surface area contributed by atoms with Gasteiger partial charge in [0, 0.05) is 10.8 Å². The number of allylic oxidation sites excluding steroid dienone is 5. The monoisotopic (exact) mass is 236 g/mol. The van der Waals surface area contributed by atoms with Gasteiger partial charge in [0.2, 0.25) is 0 Å². The summed E-state index contributed by atoms with van der Waals surface area (Å²) in [7, 11) is -1.09. The average molecular weight is 236 g/mol.